The molecule has 3 aromatic carbocycles. The Morgan fingerprint density at radius 1 is 0.794 bits per heavy atom. The van der Waals surface area contributed by atoms with E-state index in [9.17, 15) is 14.4 Å². The van der Waals surface area contributed by atoms with Gasteiger partial charge in [-0.25, -0.2) is 4.79 Å². The average Bonchev–Trinajstić information content (AvgIpc) is 2.88. The fraction of sp³-hybridized carbons (Fsp3) is 0.115. The van der Waals surface area contributed by atoms with Crippen LogP contribution in [0.2, 0.25) is 0 Å². The van der Waals surface area contributed by atoms with Gasteiger partial charge in [0.25, 0.3) is 11.8 Å². The number of carbonyl (C=O) groups is 3. The van der Waals surface area contributed by atoms with Crippen LogP contribution in [0.15, 0.2) is 78.5 Å². The van der Waals surface area contributed by atoms with Gasteiger partial charge >= 0.3 is 5.97 Å². The smallest absolute Gasteiger partial charge is 0.337 e. The number of methoxy groups -OCH3 is 3. The van der Waals surface area contributed by atoms with Gasteiger partial charge in [-0.15, -0.1) is 0 Å². The predicted octanol–water partition coefficient (Wildman–Crippen LogP) is 3.90. The van der Waals surface area contributed by atoms with Crippen molar-refractivity contribution in [1.29, 1.82) is 0 Å². The highest BCUT2D eigenvalue weighted by atomic mass is 16.5. The number of rotatable bonds is 8. The summed E-state index contributed by atoms with van der Waals surface area (Å²) in [7, 11) is 4.31. The van der Waals surface area contributed by atoms with E-state index >= 15 is 0 Å². The summed E-state index contributed by atoms with van der Waals surface area (Å²) in [6, 6.07) is 19.9. The quantitative estimate of drug-likeness (QED) is 0.390. The molecular formula is C26H24N2O6. The van der Waals surface area contributed by atoms with E-state index in [1.54, 1.807) is 60.7 Å². The van der Waals surface area contributed by atoms with E-state index < -0.39 is 17.8 Å². The van der Waals surface area contributed by atoms with E-state index in [4.69, 9.17) is 9.47 Å². The Morgan fingerprint density at radius 3 is 2.21 bits per heavy atom. The van der Waals surface area contributed by atoms with Crippen LogP contribution in [0.5, 0.6) is 11.5 Å². The highest BCUT2D eigenvalue weighted by molar-refractivity contribution is 6.11. The van der Waals surface area contributed by atoms with E-state index in [2.05, 4.69) is 15.4 Å². The van der Waals surface area contributed by atoms with Crippen molar-refractivity contribution in [2.24, 2.45) is 0 Å². The second-order valence-electron chi connectivity index (χ2n) is 7.01. The van der Waals surface area contributed by atoms with Crippen molar-refractivity contribution in [3.8, 4) is 11.5 Å². The molecule has 8 nitrogen and oxygen atoms in total. The van der Waals surface area contributed by atoms with Gasteiger partial charge in [-0.1, -0.05) is 24.3 Å². The maximum Gasteiger partial charge on any atom is 0.337 e. The van der Waals surface area contributed by atoms with Crippen LogP contribution in [0.1, 0.15) is 26.3 Å². The largest absolute Gasteiger partial charge is 0.497 e. The first kappa shape index (κ1) is 24.1. The minimum Gasteiger partial charge on any atom is -0.497 e. The van der Waals surface area contributed by atoms with E-state index in [-0.39, 0.29) is 5.70 Å². The third kappa shape index (κ3) is 6.01. The number of hydrogen-bond donors (Lipinski definition) is 2. The highest BCUT2D eigenvalue weighted by Gasteiger charge is 2.17. The number of esters is 1. The maximum atomic E-state index is 13.1. The molecule has 174 valence electrons. The minimum atomic E-state index is -0.562. The predicted molar refractivity (Wildman–Crippen MR) is 128 cm³/mol. The van der Waals surface area contributed by atoms with Crippen LogP contribution in [0.3, 0.4) is 0 Å². The number of ether oxygens (including phenoxy) is 3. The molecule has 0 bridgehead atoms. The van der Waals surface area contributed by atoms with Gasteiger partial charge in [-0.2, -0.15) is 0 Å². The normalized spacial score (nSPS) is 10.7. The van der Waals surface area contributed by atoms with Crippen LogP contribution >= 0.6 is 0 Å². The number of benzene rings is 3. The Bertz CT molecular complexity index is 1220. The molecule has 0 spiro atoms. The molecule has 2 N–H and O–H groups in total. The number of carbonyl (C=O) groups excluding carboxylic acids is 3. The Labute approximate surface area is 197 Å². The summed E-state index contributed by atoms with van der Waals surface area (Å²) in [5, 5.41) is 5.39. The van der Waals surface area contributed by atoms with Crippen molar-refractivity contribution < 1.29 is 28.6 Å². The molecule has 0 aliphatic rings. The first-order valence-electron chi connectivity index (χ1n) is 10.2. The first-order chi connectivity index (χ1) is 16.4. The molecule has 0 heterocycles. The fourth-order valence-electron chi connectivity index (χ4n) is 3.06. The summed E-state index contributed by atoms with van der Waals surface area (Å²) >= 11 is 0. The van der Waals surface area contributed by atoms with E-state index in [1.807, 2.05) is 0 Å². The number of anilines is 1. The van der Waals surface area contributed by atoms with Crippen LogP contribution in [-0.2, 0) is 9.53 Å². The van der Waals surface area contributed by atoms with Crippen molar-refractivity contribution in [3.05, 3.63) is 95.2 Å². The van der Waals surface area contributed by atoms with Gasteiger partial charge in [0, 0.05) is 16.8 Å². The molecule has 3 aromatic rings. The summed E-state index contributed by atoms with van der Waals surface area (Å²) < 4.78 is 15.2. The standard InChI is InChI=1S/C26H24N2O6/c1-32-21-9-6-8-19(15-21)24(29)28-22(16-18-7-4-5-10-23(18)33-2)25(30)27-20-13-11-17(12-14-20)26(31)34-3/h4-16H,1-3H3,(H,27,30)(H,28,29). The average molecular weight is 460 g/mol. The number of hydrogen-bond acceptors (Lipinski definition) is 6. The lowest BCUT2D eigenvalue weighted by Gasteiger charge is -2.13. The third-order valence-electron chi connectivity index (χ3n) is 4.83. The van der Waals surface area contributed by atoms with Crippen molar-refractivity contribution in [1.82, 2.24) is 5.32 Å². The van der Waals surface area contributed by atoms with Crippen molar-refractivity contribution >= 4 is 29.5 Å². The van der Waals surface area contributed by atoms with Crippen LogP contribution in [0.25, 0.3) is 6.08 Å². The van der Waals surface area contributed by atoms with Gasteiger partial charge in [0.1, 0.15) is 17.2 Å². The van der Waals surface area contributed by atoms with Gasteiger partial charge in [0.2, 0.25) is 0 Å². The van der Waals surface area contributed by atoms with Gasteiger partial charge in [0.15, 0.2) is 0 Å². The first-order valence-corrected chi connectivity index (χ1v) is 10.2. The lowest BCUT2D eigenvalue weighted by atomic mass is 10.1. The monoisotopic (exact) mass is 460 g/mol. The van der Waals surface area contributed by atoms with E-state index in [0.717, 1.165) is 0 Å². The lowest BCUT2D eigenvalue weighted by molar-refractivity contribution is -0.113. The van der Waals surface area contributed by atoms with Crippen molar-refractivity contribution in [2.45, 2.75) is 0 Å². The molecule has 0 aliphatic carbocycles. The maximum absolute atomic E-state index is 13.1. The topological polar surface area (TPSA) is 103 Å². The molecule has 2 amide bonds. The summed E-state index contributed by atoms with van der Waals surface area (Å²) in [5.74, 6) is -0.492. The molecule has 0 unspecified atom stereocenters. The zero-order valence-electron chi connectivity index (χ0n) is 19.0. The third-order valence-corrected chi connectivity index (χ3v) is 4.83. The molecule has 0 atom stereocenters. The van der Waals surface area contributed by atoms with E-state index in [0.29, 0.717) is 33.9 Å². The van der Waals surface area contributed by atoms with Gasteiger partial charge in [0.05, 0.1) is 26.9 Å². The summed E-state index contributed by atoms with van der Waals surface area (Å²) in [5.41, 5.74) is 1.69. The number of nitrogens with one attached hydrogen (secondary N) is 2. The fourth-order valence-corrected chi connectivity index (χ4v) is 3.06. The second-order valence-corrected chi connectivity index (χ2v) is 7.01. The van der Waals surface area contributed by atoms with Crippen LogP contribution in [-0.4, -0.2) is 39.1 Å². The lowest BCUT2D eigenvalue weighted by Crippen LogP contribution is -2.30. The summed E-state index contributed by atoms with van der Waals surface area (Å²) in [4.78, 5) is 37.7. The molecular weight excluding hydrogens is 436 g/mol. The summed E-state index contributed by atoms with van der Waals surface area (Å²) in [6.45, 7) is 0. The number of amides is 2. The minimum absolute atomic E-state index is 0.00522. The molecule has 34 heavy (non-hydrogen) atoms. The Morgan fingerprint density at radius 2 is 1.53 bits per heavy atom. The van der Waals surface area contributed by atoms with Gasteiger partial charge in [-0.05, 0) is 54.6 Å². The molecule has 0 aliphatic heterocycles. The highest BCUT2D eigenvalue weighted by Crippen LogP contribution is 2.21. The Kier molecular flexibility index (Phi) is 8.02. The molecule has 0 aromatic heterocycles. The zero-order valence-corrected chi connectivity index (χ0v) is 19.0. The SMILES string of the molecule is COC(=O)c1ccc(NC(=O)C(=Cc2ccccc2OC)NC(=O)c2cccc(OC)c2)cc1. The van der Waals surface area contributed by atoms with Crippen LogP contribution < -0.4 is 20.1 Å². The van der Waals surface area contributed by atoms with Crippen molar-refractivity contribution in [2.75, 3.05) is 26.6 Å². The molecule has 0 saturated carbocycles. The molecule has 0 radical (unpaired) electrons. The zero-order chi connectivity index (χ0) is 24.5. The summed E-state index contributed by atoms with van der Waals surface area (Å²) in [6.07, 6.45) is 1.52. The Hall–Kier alpha value is -4.59. The second kappa shape index (κ2) is 11.3. The van der Waals surface area contributed by atoms with E-state index in [1.165, 1.54) is 39.5 Å². The van der Waals surface area contributed by atoms with Crippen LogP contribution in [0, 0.1) is 0 Å². The van der Waals surface area contributed by atoms with Gasteiger partial charge < -0.3 is 24.8 Å². The molecule has 0 saturated heterocycles. The molecule has 0 fully saturated rings. The van der Waals surface area contributed by atoms with Crippen LogP contribution in [0.4, 0.5) is 5.69 Å². The van der Waals surface area contributed by atoms with Gasteiger partial charge in [-0.3, -0.25) is 9.59 Å². The number of para-hydroxylation sites is 1. The molecule has 3 rings (SSSR count). The Balaban J connectivity index is 1.90. The van der Waals surface area contributed by atoms with Crippen molar-refractivity contribution in [3.63, 3.8) is 0 Å². The molecule has 8 heteroatoms.